The molecule has 1 unspecified atom stereocenters. The Morgan fingerprint density at radius 3 is 3.10 bits per heavy atom. The molecule has 1 saturated heterocycles. The van der Waals surface area contributed by atoms with E-state index in [1.807, 2.05) is 7.05 Å². The molecule has 0 aromatic heterocycles. The number of rotatable bonds is 3. The summed E-state index contributed by atoms with van der Waals surface area (Å²) in [5, 5.41) is 2.93. The predicted octanol–water partition coefficient (Wildman–Crippen LogP) is 0.876. The van der Waals surface area contributed by atoms with Crippen LogP contribution < -0.4 is 5.32 Å². The van der Waals surface area contributed by atoms with E-state index < -0.39 is 0 Å². The van der Waals surface area contributed by atoms with Crippen molar-refractivity contribution in [3.05, 3.63) is 34.9 Å². The summed E-state index contributed by atoms with van der Waals surface area (Å²) in [6.45, 7) is 2.96. The second-order valence-corrected chi connectivity index (χ2v) is 5.72. The zero-order valence-corrected chi connectivity index (χ0v) is 12.2. The average molecular weight is 288 g/mol. The van der Waals surface area contributed by atoms with E-state index in [1.54, 1.807) is 18.2 Å². The van der Waals surface area contributed by atoms with Gasteiger partial charge in [0.05, 0.1) is 12.7 Å². The molecule has 1 atom stereocenters. The second kappa shape index (κ2) is 5.95. The number of amides is 1. The molecule has 5 nitrogen and oxygen atoms in total. The normalized spacial score (nSPS) is 22.1. The van der Waals surface area contributed by atoms with Crippen LogP contribution in [0, 0.1) is 0 Å². The summed E-state index contributed by atoms with van der Waals surface area (Å²) < 4.78 is 5.63. The zero-order valence-electron chi connectivity index (χ0n) is 12.2. The van der Waals surface area contributed by atoms with Gasteiger partial charge in [-0.25, -0.2) is 0 Å². The fourth-order valence-corrected chi connectivity index (χ4v) is 3.00. The van der Waals surface area contributed by atoms with Crippen LogP contribution in [0.15, 0.2) is 18.2 Å². The van der Waals surface area contributed by atoms with E-state index in [0.29, 0.717) is 37.1 Å². The van der Waals surface area contributed by atoms with Crippen LogP contribution >= 0.6 is 0 Å². The predicted molar refractivity (Wildman–Crippen MR) is 78.7 cm³/mol. The lowest BCUT2D eigenvalue weighted by atomic mass is 10.0. The van der Waals surface area contributed by atoms with Gasteiger partial charge in [-0.15, -0.1) is 0 Å². The first-order chi connectivity index (χ1) is 10.1. The van der Waals surface area contributed by atoms with Crippen LogP contribution in [0.1, 0.15) is 32.7 Å². The summed E-state index contributed by atoms with van der Waals surface area (Å²) in [4.78, 5) is 26.3. The first-order valence-corrected chi connectivity index (χ1v) is 7.38. The van der Waals surface area contributed by atoms with Gasteiger partial charge in [-0.2, -0.15) is 0 Å². The molecule has 0 spiro atoms. The van der Waals surface area contributed by atoms with Crippen molar-refractivity contribution in [3.8, 4) is 0 Å². The number of hydrogen-bond acceptors (Lipinski definition) is 4. The number of likely N-dealkylation sites (N-methyl/N-ethyl adjacent to an activating group) is 1. The number of morpholine rings is 1. The minimum Gasteiger partial charge on any atom is -0.374 e. The lowest BCUT2D eigenvalue weighted by molar-refractivity contribution is -0.0175. The van der Waals surface area contributed by atoms with Crippen molar-refractivity contribution in [1.29, 1.82) is 0 Å². The molecule has 21 heavy (non-hydrogen) atoms. The van der Waals surface area contributed by atoms with Gasteiger partial charge >= 0.3 is 0 Å². The van der Waals surface area contributed by atoms with Crippen LogP contribution in [-0.4, -0.2) is 56.0 Å². The van der Waals surface area contributed by atoms with Gasteiger partial charge < -0.3 is 15.0 Å². The van der Waals surface area contributed by atoms with E-state index in [-0.39, 0.29) is 17.8 Å². The lowest BCUT2D eigenvalue weighted by Gasteiger charge is -2.30. The molecule has 1 fully saturated rings. The Kier molecular flexibility index (Phi) is 4.03. The average Bonchev–Trinajstić information content (AvgIpc) is 2.87. The highest BCUT2D eigenvalue weighted by molar-refractivity contribution is 6.05. The van der Waals surface area contributed by atoms with Crippen molar-refractivity contribution in [1.82, 2.24) is 10.2 Å². The Hall–Kier alpha value is -1.72. The fourth-order valence-electron chi connectivity index (χ4n) is 3.00. The molecule has 0 bridgehead atoms. The largest absolute Gasteiger partial charge is 0.374 e. The number of nitrogens with zero attached hydrogens (tertiary/aromatic N) is 1. The van der Waals surface area contributed by atoms with Gasteiger partial charge in [0.25, 0.3) is 5.91 Å². The third-order valence-corrected chi connectivity index (χ3v) is 4.16. The zero-order chi connectivity index (χ0) is 14.8. The number of hydrogen-bond donors (Lipinski definition) is 1. The summed E-state index contributed by atoms with van der Waals surface area (Å²) in [6, 6.07) is 5.38. The third-order valence-electron chi connectivity index (χ3n) is 4.16. The molecular formula is C16H20N2O3. The molecule has 112 valence electrons. The van der Waals surface area contributed by atoms with Gasteiger partial charge in [0.1, 0.15) is 0 Å². The topological polar surface area (TPSA) is 58.6 Å². The Morgan fingerprint density at radius 2 is 2.29 bits per heavy atom. The molecule has 5 heteroatoms. The van der Waals surface area contributed by atoms with E-state index in [0.717, 1.165) is 18.7 Å². The van der Waals surface area contributed by atoms with Crippen molar-refractivity contribution in [2.24, 2.45) is 0 Å². The van der Waals surface area contributed by atoms with Gasteiger partial charge in [-0.3, -0.25) is 9.59 Å². The monoisotopic (exact) mass is 288 g/mol. The van der Waals surface area contributed by atoms with Crippen molar-refractivity contribution in [2.75, 3.05) is 33.3 Å². The molecule has 1 aromatic carbocycles. The summed E-state index contributed by atoms with van der Waals surface area (Å²) in [6.07, 6.45) is 1.21. The number of ketones is 1. The van der Waals surface area contributed by atoms with E-state index in [1.165, 1.54) is 0 Å². The van der Waals surface area contributed by atoms with Gasteiger partial charge in [0, 0.05) is 37.2 Å². The van der Waals surface area contributed by atoms with Gasteiger partial charge in [0.15, 0.2) is 5.78 Å². The highest BCUT2D eigenvalue weighted by Gasteiger charge is 2.25. The highest BCUT2D eigenvalue weighted by atomic mass is 16.5. The van der Waals surface area contributed by atoms with Crippen LogP contribution in [0.25, 0.3) is 0 Å². The lowest BCUT2D eigenvalue weighted by Crippen LogP contribution is -2.46. The van der Waals surface area contributed by atoms with Crippen LogP contribution in [0.3, 0.4) is 0 Å². The maximum atomic E-state index is 12.3. The van der Waals surface area contributed by atoms with Crippen molar-refractivity contribution >= 4 is 11.7 Å². The van der Waals surface area contributed by atoms with Gasteiger partial charge in [0.2, 0.25) is 0 Å². The van der Waals surface area contributed by atoms with Crippen molar-refractivity contribution in [2.45, 2.75) is 18.9 Å². The van der Waals surface area contributed by atoms with Crippen molar-refractivity contribution < 1.29 is 14.3 Å². The first kappa shape index (κ1) is 14.2. The number of fused-ring (bicyclic) bond motifs is 1. The summed E-state index contributed by atoms with van der Waals surface area (Å²) >= 11 is 0. The van der Waals surface area contributed by atoms with Crippen LogP contribution in [0.4, 0.5) is 0 Å². The molecule has 0 saturated carbocycles. The number of nitrogens with one attached hydrogen (secondary N) is 1. The third kappa shape index (κ3) is 2.99. The van der Waals surface area contributed by atoms with E-state index in [4.69, 9.17) is 4.74 Å². The highest BCUT2D eigenvalue weighted by Crippen LogP contribution is 2.25. The molecule has 1 heterocycles. The van der Waals surface area contributed by atoms with Crippen LogP contribution in [-0.2, 0) is 11.2 Å². The SMILES string of the molecule is CN1CCOC(CNC(=O)c2cccc3c2CCC3=O)C1. The minimum atomic E-state index is -0.113. The van der Waals surface area contributed by atoms with E-state index in [9.17, 15) is 9.59 Å². The number of Topliss-reactive ketones (excluding diaryl/α,β-unsaturated/α-hetero) is 1. The standard InChI is InChI=1S/C16H20N2O3/c1-18-7-8-21-11(10-18)9-17-16(20)14-4-2-3-13-12(14)5-6-15(13)19/h2-4,11H,5-10H2,1H3,(H,17,20). The summed E-state index contributed by atoms with van der Waals surface area (Å²) in [7, 11) is 2.05. The molecule has 0 radical (unpaired) electrons. The van der Waals surface area contributed by atoms with Gasteiger partial charge in [-0.05, 0) is 25.1 Å². The quantitative estimate of drug-likeness (QED) is 0.897. The van der Waals surface area contributed by atoms with E-state index in [2.05, 4.69) is 10.2 Å². The Balaban J connectivity index is 1.65. The number of carbonyl (C=O) groups is 2. The van der Waals surface area contributed by atoms with E-state index >= 15 is 0 Å². The summed E-state index contributed by atoms with van der Waals surface area (Å²) in [5.41, 5.74) is 2.22. The van der Waals surface area contributed by atoms with Crippen molar-refractivity contribution in [3.63, 3.8) is 0 Å². The van der Waals surface area contributed by atoms with Gasteiger partial charge in [-0.1, -0.05) is 12.1 Å². The molecule has 1 aromatic rings. The van der Waals surface area contributed by atoms with Crippen LogP contribution in [0.5, 0.6) is 0 Å². The number of ether oxygens (including phenoxy) is 1. The molecule has 1 amide bonds. The molecule has 1 aliphatic carbocycles. The Morgan fingerprint density at radius 1 is 1.43 bits per heavy atom. The maximum Gasteiger partial charge on any atom is 0.251 e. The Labute approximate surface area is 124 Å². The molecular weight excluding hydrogens is 268 g/mol. The number of carbonyl (C=O) groups excluding carboxylic acids is 2. The molecule has 2 aliphatic rings. The second-order valence-electron chi connectivity index (χ2n) is 5.72. The summed E-state index contributed by atoms with van der Waals surface area (Å²) in [5.74, 6) is 0.0234. The molecule has 3 rings (SSSR count). The Bertz CT molecular complexity index is 571. The fraction of sp³-hybridized carbons (Fsp3) is 0.500. The first-order valence-electron chi connectivity index (χ1n) is 7.38. The smallest absolute Gasteiger partial charge is 0.251 e. The molecule has 1 N–H and O–H groups in total. The minimum absolute atomic E-state index is 0.0334. The number of benzene rings is 1. The molecule has 1 aliphatic heterocycles. The van der Waals surface area contributed by atoms with Crippen LogP contribution in [0.2, 0.25) is 0 Å². The maximum absolute atomic E-state index is 12.3.